The van der Waals surface area contributed by atoms with Crippen LogP contribution in [0.5, 0.6) is 0 Å². The number of hydrogen-bond acceptors (Lipinski definition) is 4. The van der Waals surface area contributed by atoms with Gasteiger partial charge in [0.1, 0.15) is 17.2 Å². The number of benzene rings is 2. The van der Waals surface area contributed by atoms with E-state index in [1.54, 1.807) is 0 Å². The van der Waals surface area contributed by atoms with Crippen molar-refractivity contribution in [2.45, 2.75) is 52.4 Å². The summed E-state index contributed by atoms with van der Waals surface area (Å²) in [7, 11) is 0. The van der Waals surface area contributed by atoms with Crippen LogP contribution in [0.15, 0.2) is 52.9 Å². The first kappa shape index (κ1) is 23.7. The highest BCUT2D eigenvalue weighted by molar-refractivity contribution is 6.30. The molecule has 0 unspecified atom stereocenters. The first-order valence-corrected chi connectivity index (χ1v) is 12.4. The van der Waals surface area contributed by atoms with Crippen LogP contribution in [0.3, 0.4) is 0 Å². The number of ketones is 1. The Balaban J connectivity index is 1.54. The zero-order valence-electron chi connectivity index (χ0n) is 19.6. The minimum Gasteiger partial charge on any atom is -0.440 e. The number of Topliss-reactive ketones (excluding diaryl/α,β-unsaturated/α-hetero) is 1. The molecule has 174 valence electrons. The minimum atomic E-state index is 0.157. The molecule has 0 spiro atoms. The summed E-state index contributed by atoms with van der Waals surface area (Å²) in [5, 5.41) is 0.634. The van der Waals surface area contributed by atoms with Crippen LogP contribution in [0.25, 0.3) is 22.7 Å². The number of piperidine rings is 1. The van der Waals surface area contributed by atoms with E-state index in [0.29, 0.717) is 34.7 Å². The van der Waals surface area contributed by atoms with Crippen molar-refractivity contribution in [2.75, 3.05) is 19.6 Å². The Morgan fingerprint density at radius 1 is 1.06 bits per heavy atom. The summed E-state index contributed by atoms with van der Waals surface area (Å²) in [6.07, 6.45) is 5.82. The van der Waals surface area contributed by atoms with Crippen molar-refractivity contribution in [3.05, 3.63) is 64.9 Å². The normalized spacial score (nSPS) is 14.7. The van der Waals surface area contributed by atoms with E-state index in [2.05, 4.69) is 43.0 Å². The maximum absolute atomic E-state index is 12.5. The molecule has 33 heavy (non-hydrogen) atoms. The van der Waals surface area contributed by atoms with Crippen molar-refractivity contribution in [2.24, 2.45) is 5.92 Å². The predicted octanol–water partition coefficient (Wildman–Crippen LogP) is 6.85. The number of aromatic nitrogens is 1. The van der Waals surface area contributed by atoms with Gasteiger partial charge in [-0.1, -0.05) is 56.1 Å². The molecule has 0 radical (unpaired) electrons. The SMILES string of the molecule is CC(C)CC(=O)Cc1oc(-c2ccc(CCN3CCCCC3)cc2)nc1-c1cccc(Cl)c1. The molecule has 4 rings (SSSR count). The van der Waals surface area contributed by atoms with E-state index in [0.717, 1.165) is 24.1 Å². The summed E-state index contributed by atoms with van der Waals surface area (Å²) in [6.45, 7) is 7.65. The van der Waals surface area contributed by atoms with E-state index in [9.17, 15) is 4.79 Å². The summed E-state index contributed by atoms with van der Waals surface area (Å²) >= 11 is 6.22. The fourth-order valence-corrected chi connectivity index (χ4v) is 4.64. The standard InChI is InChI=1S/C28H33ClN2O2/c1-20(2)17-25(32)19-26-27(23-7-6-8-24(29)18-23)30-28(33-26)22-11-9-21(10-12-22)13-16-31-14-4-3-5-15-31/h6-12,18,20H,3-5,13-17,19H2,1-2H3. The zero-order valence-corrected chi connectivity index (χ0v) is 20.4. The topological polar surface area (TPSA) is 46.3 Å². The van der Waals surface area contributed by atoms with Crippen LogP contribution in [0.4, 0.5) is 0 Å². The summed E-state index contributed by atoms with van der Waals surface area (Å²) < 4.78 is 6.16. The first-order chi connectivity index (χ1) is 16.0. The molecule has 0 N–H and O–H groups in total. The van der Waals surface area contributed by atoms with Crippen molar-refractivity contribution < 1.29 is 9.21 Å². The molecule has 1 aliphatic heterocycles. The van der Waals surface area contributed by atoms with Gasteiger partial charge >= 0.3 is 0 Å². The number of rotatable bonds is 9. The minimum absolute atomic E-state index is 0.157. The van der Waals surface area contributed by atoms with Gasteiger partial charge in [-0.15, -0.1) is 0 Å². The van der Waals surface area contributed by atoms with Crippen LogP contribution in [0, 0.1) is 5.92 Å². The fraction of sp³-hybridized carbons (Fsp3) is 0.429. The molecule has 5 heteroatoms. The fourth-order valence-electron chi connectivity index (χ4n) is 4.45. The molecule has 1 aliphatic rings. The van der Waals surface area contributed by atoms with E-state index < -0.39 is 0 Å². The second kappa shape index (κ2) is 11.1. The molecular weight excluding hydrogens is 432 g/mol. The van der Waals surface area contributed by atoms with Crippen molar-refractivity contribution in [1.29, 1.82) is 0 Å². The Bertz CT molecular complexity index is 1070. The Morgan fingerprint density at radius 3 is 2.52 bits per heavy atom. The van der Waals surface area contributed by atoms with E-state index in [1.807, 2.05) is 24.3 Å². The average molecular weight is 465 g/mol. The maximum atomic E-state index is 12.5. The van der Waals surface area contributed by atoms with Crippen LogP contribution in [0.1, 0.15) is 50.9 Å². The Morgan fingerprint density at radius 2 is 1.82 bits per heavy atom. The van der Waals surface area contributed by atoms with Crippen LogP contribution >= 0.6 is 11.6 Å². The van der Waals surface area contributed by atoms with Gasteiger partial charge in [0.25, 0.3) is 0 Å². The van der Waals surface area contributed by atoms with Crippen LogP contribution in [-0.2, 0) is 17.6 Å². The lowest BCUT2D eigenvalue weighted by molar-refractivity contribution is -0.119. The zero-order chi connectivity index (χ0) is 23.2. The smallest absolute Gasteiger partial charge is 0.226 e. The molecule has 0 aliphatic carbocycles. The third-order valence-electron chi connectivity index (χ3n) is 6.16. The van der Waals surface area contributed by atoms with Gasteiger partial charge in [0.15, 0.2) is 0 Å². The predicted molar refractivity (Wildman–Crippen MR) is 135 cm³/mol. The maximum Gasteiger partial charge on any atom is 0.226 e. The first-order valence-electron chi connectivity index (χ1n) is 12.1. The molecule has 0 bridgehead atoms. The summed E-state index contributed by atoms with van der Waals surface area (Å²) in [6, 6.07) is 16.0. The van der Waals surface area contributed by atoms with E-state index in [-0.39, 0.29) is 12.2 Å². The highest BCUT2D eigenvalue weighted by atomic mass is 35.5. The van der Waals surface area contributed by atoms with Crippen LogP contribution in [0.2, 0.25) is 5.02 Å². The monoisotopic (exact) mass is 464 g/mol. The summed E-state index contributed by atoms with van der Waals surface area (Å²) in [5.74, 6) is 1.61. The third-order valence-corrected chi connectivity index (χ3v) is 6.39. The number of hydrogen-bond donors (Lipinski definition) is 0. The van der Waals surface area contributed by atoms with Crippen LogP contribution < -0.4 is 0 Å². The molecule has 0 saturated carbocycles. The Hall–Kier alpha value is -2.43. The molecule has 2 heterocycles. The molecule has 0 atom stereocenters. The Labute approximate surface area is 202 Å². The molecule has 2 aromatic carbocycles. The van der Waals surface area contributed by atoms with Crippen molar-refractivity contribution in [3.8, 4) is 22.7 Å². The number of nitrogens with zero attached hydrogens (tertiary/aromatic N) is 2. The molecule has 1 aromatic heterocycles. The van der Waals surface area contributed by atoms with Gasteiger partial charge in [0.2, 0.25) is 5.89 Å². The summed E-state index contributed by atoms with van der Waals surface area (Å²) in [4.78, 5) is 19.9. The van der Waals surface area contributed by atoms with Crippen LogP contribution in [-0.4, -0.2) is 35.3 Å². The van der Waals surface area contributed by atoms with Crippen molar-refractivity contribution in [3.63, 3.8) is 0 Å². The molecule has 3 aromatic rings. The van der Waals surface area contributed by atoms with Gasteiger partial charge in [-0.2, -0.15) is 0 Å². The number of carbonyl (C=O) groups excluding carboxylic acids is 1. The quantitative estimate of drug-likeness (QED) is 0.347. The number of oxazole rings is 1. The second-order valence-corrected chi connectivity index (χ2v) is 9.90. The highest BCUT2D eigenvalue weighted by Crippen LogP contribution is 2.31. The van der Waals surface area contributed by atoms with Gasteiger partial charge < -0.3 is 9.32 Å². The van der Waals surface area contributed by atoms with Gasteiger partial charge in [0.05, 0.1) is 6.42 Å². The highest BCUT2D eigenvalue weighted by Gasteiger charge is 2.20. The molecule has 1 saturated heterocycles. The molecule has 1 fully saturated rings. The van der Waals surface area contributed by atoms with E-state index >= 15 is 0 Å². The van der Waals surface area contributed by atoms with Gasteiger partial charge in [0, 0.05) is 29.1 Å². The van der Waals surface area contributed by atoms with Gasteiger partial charge in [-0.3, -0.25) is 4.79 Å². The van der Waals surface area contributed by atoms with Gasteiger partial charge in [-0.05, 0) is 68.1 Å². The lowest BCUT2D eigenvalue weighted by atomic mass is 10.0. The summed E-state index contributed by atoms with van der Waals surface area (Å²) in [5.41, 5.74) is 3.79. The lowest BCUT2D eigenvalue weighted by Crippen LogP contribution is -2.31. The van der Waals surface area contributed by atoms with Gasteiger partial charge in [-0.25, -0.2) is 4.98 Å². The van der Waals surface area contributed by atoms with Crippen molar-refractivity contribution >= 4 is 17.4 Å². The van der Waals surface area contributed by atoms with E-state index in [4.69, 9.17) is 21.0 Å². The third kappa shape index (κ3) is 6.55. The molecular formula is C28H33ClN2O2. The second-order valence-electron chi connectivity index (χ2n) is 9.46. The largest absolute Gasteiger partial charge is 0.440 e. The van der Waals surface area contributed by atoms with Crippen molar-refractivity contribution in [1.82, 2.24) is 9.88 Å². The molecule has 0 amide bonds. The Kier molecular flexibility index (Phi) is 8.00. The van der Waals surface area contributed by atoms with E-state index in [1.165, 1.54) is 37.9 Å². The number of likely N-dealkylation sites (tertiary alicyclic amines) is 1. The number of carbonyl (C=O) groups is 1. The number of halogens is 1. The average Bonchev–Trinajstić information content (AvgIpc) is 3.22. The lowest BCUT2D eigenvalue weighted by Gasteiger charge is -2.26. The molecule has 4 nitrogen and oxygen atoms in total.